The summed E-state index contributed by atoms with van der Waals surface area (Å²) in [6.45, 7) is 0. The van der Waals surface area contributed by atoms with Crippen LogP contribution in [0.5, 0.6) is 0 Å². The van der Waals surface area contributed by atoms with Crippen LogP contribution in [0.4, 0.5) is 0 Å². The quantitative estimate of drug-likeness (QED) is 0.433. The van der Waals surface area contributed by atoms with E-state index in [0.29, 0.717) is 16.9 Å². The maximum atomic E-state index is 10.4. The smallest absolute Gasteiger partial charge is 0.153 e. The van der Waals surface area contributed by atoms with E-state index in [2.05, 4.69) is 0 Å². The first-order valence-electron chi connectivity index (χ1n) is 3.33. The number of carbonyl (C=O) groups excluding carboxylic acids is 1. The van der Waals surface area contributed by atoms with Crippen LogP contribution in [-0.2, 0) is 4.79 Å². The molecule has 0 aromatic heterocycles. The molecular formula is C9H7ClO2. The summed E-state index contributed by atoms with van der Waals surface area (Å²) in [6.07, 6.45) is 1.36. The van der Waals surface area contributed by atoms with Crippen molar-refractivity contribution < 1.29 is 9.90 Å². The van der Waals surface area contributed by atoms with E-state index in [1.165, 1.54) is 0 Å². The minimum Gasteiger partial charge on any atom is -0.515 e. The fourth-order valence-corrected chi connectivity index (χ4v) is 0.941. The first-order chi connectivity index (χ1) is 5.77. The average molecular weight is 183 g/mol. The maximum Gasteiger partial charge on any atom is 0.153 e. The van der Waals surface area contributed by atoms with E-state index in [0.717, 1.165) is 6.26 Å². The zero-order chi connectivity index (χ0) is 8.97. The van der Waals surface area contributed by atoms with Gasteiger partial charge in [-0.25, -0.2) is 0 Å². The van der Waals surface area contributed by atoms with Gasteiger partial charge in [-0.15, -0.1) is 0 Å². The average Bonchev–Trinajstić information content (AvgIpc) is 2.10. The minimum atomic E-state index is 0.242. The molecule has 0 amide bonds. The Morgan fingerprint density at radius 1 is 1.33 bits per heavy atom. The summed E-state index contributed by atoms with van der Waals surface area (Å²) < 4.78 is 0. The van der Waals surface area contributed by atoms with Gasteiger partial charge < -0.3 is 5.11 Å². The van der Waals surface area contributed by atoms with Crippen LogP contribution in [0.15, 0.2) is 30.5 Å². The van der Waals surface area contributed by atoms with Gasteiger partial charge in [0, 0.05) is 5.02 Å². The van der Waals surface area contributed by atoms with Crippen LogP contribution in [0.2, 0.25) is 5.02 Å². The minimum absolute atomic E-state index is 0.242. The Morgan fingerprint density at radius 2 is 1.92 bits per heavy atom. The lowest BCUT2D eigenvalue weighted by atomic mass is 10.1. The van der Waals surface area contributed by atoms with Gasteiger partial charge >= 0.3 is 0 Å². The number of hydrogen-bond acceptors (Lipinski definition) is 2. The van der Waals surface area contributed by atoms with Crippen LogP contribution in [0.1, 0.15) is 5.56 Å². The van der Waals surface area contributed by atoms with Crippen molar-refractivity contribution in [2.75, 3.05) is 0 Å². The summed E-state index contributed by atoms with van der Waals surface area (Å²) >= 11 is 5.63. The lowest BCUT2D eigenvalue weighted by Crippen LogP contribution is -1.84. The molecule has 0 radical (unpaired) electrons. The van der Waals surface area contributed by atoms with Crippen molar-refractivity contribution in [1.82, 2.24) is 0 Å². The normalized spacial score (nSPS) is 11.2. The molecular weight excluding hydrogens is 176 g/mol. The van der Waals surface area contributed by atoms with Gasteiger partial charge in [0.15, 0.2) is 6.29 Å². The summed E-state index contributed by atoms with van der Waals surface area (Å²) in [5, 5.41) is 9.22. The third kappa shape index (κ3) is 1.86. The lowest BCUT2D eigenvalue weighted by molar-refractivity contribution is -0.103. The van der Waals surface area contributed by atoms with Crippen LogP contribution < -0.4 is 0 Å². The molecule has 0 atom stereocenters. The third-order valence-electron chi connectivity index (χ3n) is 1.44. The summed E-state index contributed by atoms with van der Waals surface area (Å²) in [4.78, 5) is 10.4. The molecule has 12 heavy (non-hydrogen) atoms. The number of carbonyl (C=O) groups is 1. The third-order valence-corrected chi connectivity index (χ3v) is 1.70. The predicted octanol–water partition coefficient (Wildman–Crippen LogP) is 2.44. The van der Waals surface area contributed by atoms with Gasteiger partial charge in [0.25, 0.3) is 0 Å². The highest BCUT2D eigenvalue weighted by Gasteiger charge is 1.98. The molecule has 1 aromatic carbocycles. The Labute approximate surface area is 75.1 Å². The van der Waals surface area contributed by atoms with Gasteiger partial charge in [-0.1, -0.05) is 23.7 Å². The number of hydrogen-bond donors (Lipinski definition) is 1. The van der Waals surface area contributed by atoms with E-state index in [4.69, 9.17) is 16.7 Å². The Balaban J connectivity index is 3.04. The number of aliphatic hydroxyl groups excluding tert-OH is 1. The number of rotatable bonds is 2. The molecule has 1 rings (SSSR count). The van der Waals surface area contributed by atoms with E-state index in [-0.39, 0.29) is 5.57 Å². The van der Waals surface area contributed by atoms with Gasteiger partial charge in [0.1, 0.15) is 0 Å². The number of benzene rings is 1. The van der Waals surface area contributed by atoms with Crippen LogP contribution in [0, 0.1) is 0 Å². The van der Waals surface area contributed by atoms with Gasteiger partial charge in [-0.2, -0.15) is 0 Å². The molecule has 0 heterocycles. The number of allylic oxidation sites excluding steroid dienone is 1. The highest BCUT2D eigenvalue weighted by atomic mass is 35.5. The second kappa shape index (κ2) is 3.93. The van der Waals surface area contributed by atoms with Crippen molar-refractivity contribution in [3.8, 4) is 0 Å². The van der Waals surface area contributed by atoms with Crippen molar-refractivity contribution in [2.24, 2.45) is 0 Å². The number of aldehydes is 1. The molecule has 0 aliphatic carbocycles. The first-order valence-corrected chi connectivity index (χ1v) is 3.71. The Bertz CT molecular complexity index is 301. The lowest BCUT2D eigenvalue weighted by Gasteiger charge is -1.97. The van der Waals surface area contributed by atoms with Crippen LogP contribution >= 0.6 is 11.6 Å². The Morgan fingerprint density at radius 3 is 2.33 bits per heavy atom. The van der Waals surface area contributed by atoms with Crippen LogP contribution in [-0.4, -0.2) is 11.4 Å². The summed E-state index contributed by atoms with van der Waals surface area (Å²) in [5.74, 6) is 0. The first kappa shape index (κ1) is 8.81. The van der Waals surface area contributed by atoms with E-state index in [9.17, 15) is 4.79 Å². The second-order valence-corrected chi connectivity index (χ2v) is 2.65. The standard InChI is InChI=1S/C9H7ClO2/c10-9-3-1-7(2-4-9)8(5-11)6-12/h1-6,11H/b8-5+. The molecule has 0 spiro atoms. The molecule has 0 unspecified atom stereocenters. The molecule has 62 valence electrons. The van der Waals surface area contributed by atoms with Crippen molar-refractivity contribution in [3.63, 3.8) is 0 Å². The molecule has 0 aliphatic rings. The SMILES string of the molecule is O=C/C(=C\O)c1ccc(Cl)cc1. The fraction of sp³-hybridized carbons (Fsp3) is 0. The van der Waals surface area contributed by atoms with Crippen molar-refractivity contribution >= 4 is 23.5 Å². The molecule has 3 heteroatoms. The number of halogens is 1. The molecule has 1 N–H and O–H groups in total. The summed E-state index contributed by atoms with van der Waals surface area (Å²) in [5.41, 5.74) is 0.892. The van der Waals surface area contributed by atoms with Gasteiger partial charge in [0.05, 0.1) is 11.8 Å². The van der Waals surface area contributed by atoms with E-state index in [1.807, 2.05) is 0 Å². The highest BCUT2D eigenvalue weighted by Crippen LogP contribution is 2.15. The highest BCUT2D eigenvalue weighted by molar-refractivity contribution is 6.30. The molecule has 0 fully saturated rings. The molecule has 0 saturated heterocycles. The molecule has 2 nitrogen and oxygen atoms in total. The Hall–Kier alpha value is -1.28. The molecule has 1 aromatic rings. The zero-order valence-corrected chi connectivity index (χ0v) is 6.95. The van der Waals surface area contributed by atoms with Gasteiger partial charge in [-0.05, 0) is 17.7 Å². The van der Waals surface area contributed by atoms with Crippen LogP contribution in [0.25, 0.3) is 5.57 Å². The summed E-state index contributed by atoms with van der Waals surface area (Å²) in [7, 11) is 0. The monoisotopic (exact) mass is 182 g/mol. The van der Waals surface area contributed by atoms with Gasteiger partial charge in [0.2, 0.25) is 0 Å². The van der Waals surface area contributed by atoms with Crippen molar-refractivity contribution in [1.29, 1.82) is 0 Å². The zero-order valence-electron chi connectivity index (χ0n) is 6.20. The molecule has 0 bridgehead atoms. The topological polar surface area (TPSA) is 37.3 Å². The van der Waals surface area contributed by atoms with Crippen molar-refractivity contribution in [3.05, 3.63) is 41.1 Å². The van der Waals surface area contributed by atoms with Crippen molar-refractivity contribution in [2.45, 2.75) is 0 Å². The number of aliphatic hydroxyl groups is 1. The maximum absolute atomic E-state index is 10.4. The van der Waals surface area contributed by atoms with E-state index >= 15 is 0 Å². The second-order valence-electron chi connectivity index (χ2n) is 2.21. The Kier molecular flexibility index (Phi) is 2.88. The molecule has 0 saturated carbocycles. The van der Waals surface area contributed by atoms with Crippen LogP contribution in [0.3, 0.4) is 0 Å². The van der Waals surface area contributed by atoms with E-state index in [1.54, 1.807) is 24.3 Å². The molecule has 0 aliphatic heterocycles. The largest absolute Gasteiger partial charge is 0.515 e. The van der Waals surface area contributed by atoms with E-state index < -0.39 is 0 Å². The predicted molar refractivity (Wildman–Crippen MR) is 48.1 cm³/mol. The summed E-state index contributed by atoms with van der Waals surface area (Å²) in [6, 6.07) is 6.64. The fourth-order valence-electron chi connectivity index (χ4n) is 0.815. The van der Waals surface area contributed by atoms with Gasteiger partial charge in [-0.3, -0.25) is 4.79 Å².